The van der Waals surface area contributed by atoms with Crippen molar-refractivity contribution in [3.05, 3.63) is 60.2 Å². The molecule has 0 radical (unpaired) electrons. The molecule has 1 aromatic carbocycles. The smallest absolute Gasteiger partial charge is 0.247 e. The summed E-state index contributed by atoms with van der Waals surface area (Å²) in [5, 5.41) is 5.08. The molecule has 0 fully saturated rings. The van der Waals surface area contributed by atoms with Crippen LogP contribution in [0.1, 0.15) is 17.7 Å². The summed E-state index contributed by atoms with van der Waals surface area (Å²) in [6.45, 7) is 1.92. The maximum atomic E-state index is 13.2. The van der Waals surface area contributed by atoms with Gasteiger partial charge in [0.05, 0.1) is 11.7 Å². The molecule has 0 saturated carbocycles. The Morgan fingerprint density at radius 3 is 2.74 bits per heavy atom. The number of fused-ring (bicyclic) bond motifs is 2. The molecular weight excluding hydrogens is 298 g/mol. The highest BCUT2D eigenvalue weighted by molar-refractivity contribution is 5.97. The molecule has 4 nitrogen and oxygen atoms in total. The van der Waals surface area contributed by atoms with Crippen LogP contribution in [0.15, 0.2) is 48.9 Å². The summed E-state index contributed by atoms with van der Waals surface area (Å²) in [6.07, 6.45) is 2.61. The lowest BCUT2D eigenvalue weighted by molar-refractivity contribution is 0.146. The Kier molecular flexibility index (Phi) is 3.04. The predicted octanol–water partition coefficient (Wildman–Crippen LogP) is 4.19. The van der Waals surface area contributed by atoms with Gasteiger partial charge in [0.25, 0.3) is 6.43 Å². The first-order chi connectivity index (χ1) is 11.1. The lowest BCUT2D eigenvalue weighted by Gasteiger charge is -2.08. The number of para-hydroxylation sites is 1. The fourth-order valence-corrected chi connectivity index (χ4v) is 2.69. The zero-order chi connectivity index (χ0) is 16.0. The molecule has 0 aliphatic heterocycles. The summed E-state index contributed by atoms with van der Waals surface area (Å²) in [4.78, 5) is 8.43. The number of aromatic nitrogens is 4. The molecule has 0 N–H and O–H groups in total. The van der Waals surface area contributed by atoms with Gasteiger partial charge in [-0.3, -0.25) is 0 Å². The molecule has 23 heavy (non-hydrogen) atoms. The topological polar surface area (TPSA) is 43.1 Å². The fourth-order valence-electron chi connectivity index (χ4n) is 2.69. The molecular formula is C17H12F2N4. The number of hydrogen-bond donors (Lipinski definition) is 0. The third-order valence-corrected chi connectivity index (χ3v) is 3.74. The molecule has 0 aliphatic carbocycles. The van der Waals surface area contributed by atoms with Crippen molar-refractivity contribution in [2.45, 2.75) is 13.3 Å². The summed E-state index contributed by atoms with van der Waals surface area (Å²) in [6, 6.07) is 8.66. The molecule has 0 aliphatic rings. The maximum absolute atomic E-state index is 13.2. The standard InChI is InChI=1S/C17H12F2N4/c1-10-7-20-17-13(8-21-23(17)9-10)12-6-15(16(18)19)22-14-5-3-2-4-11(12)14/h2-9,16H,1H3. The van der Waals surface area contributed by atoms with Crippen molar-refractivity contribution < 1.29 is 8.78 Å². The number of hydrogen-bond acceptors (Lipinski definition) is 3. The molecule has 0 amide bonds. The summed E-state index contributed by atoms with van der Waals surface area (Å²) in [7, 11) is 0. The van der Waals surface area contributed by atoms with Crippen molar-refractivity contribution in [1.82, 2.24) is 19.6 Å². The minimum Gasteiger partial charge on any atom is -0.247 e. The van der Waals surface area contributed by atoms with E-state index in [4.69, 9.17) is 0 Å². The Morgan fingerprint density at radius 1 is 1.09 bits per heavy atom. The van der Waals surface area contributed by atoms with Gasteiger partial charge in [0.15, 0.2) is 5.65 Å². The largest absolute Gasteiger partial charge is 0.280 e. The van der Waals surface area contributed by atoms with Crippen LogP contribution in [-0.2, 0) is 0 Å². The van der Waals surface area contributed by atoms with Gasteiger partial charge in [-0.2, -0.15) is 5.10 Å². The SMILES string of the molecule is Cc1cnc2c(-c3cc(C(F)F)nc4ccccc34)cnn2c1. The molecule has 0 spiro atoms. The summed E-state index contributed by atoms with van der Waals surface area (Å²) < 4.78 is 28.0. The monoisotopic (exact) mass is 310 g/mol. The third kappa shape index (κ3) is 2.23. The van der Waals surface area contributed by atoms with Crippen LogP contribution in [0.25, 0.3) is 27.7 Å². The van der Waals surface area contributed by atoms with E-state index in [1.807, 2.05) is 25.3 Å². The molecule has 4 aromatic rings. The van der Waals surface area contributed by atoms with Gasteiger partial charge in [0.1, 0.15) is 5.69 Å². The van der Waals surface area contributed by atoms with Gasteiger partial charge in [-0.25, -0.2) is 23.3 Å². The van der Waals surface area contributed by atoms with E-state index in [9.17, 15) is 8.78 Å². The molecule has 6 heteroatoms. The highest BCUT2D eigenvalue weighted by atomic mass is 19.3. The quantitative estimate of drug-likeness (QED) is 0.557. The Morgan fingerprint density at radius 2 is 1.91 bits per heavy atom. The summed E-state index contributed by atoms with van der Waals surface area (Å²) in [5.41, 5.74) is 3.27. The number of aryl methyl sites for hydroxylation is 1. The van der Waals surface area contributed by atoms with E-state index in [0.717, 1.165) is 10.9 Å². The molecule has 114 valence electrons. The third-order valence-electron chi connectivity index (χ3n) is 3.74. The first-order valence-corrected chi connectivity index (χ1v) is 7.11. The normalized spacial score (nSPS) is 11.7. The Balaban J connectivity index is 2.06. The number of alkyl halides is 2. The van der Waals surface area contributed by atoms with E-state index >= 15 is 0 Å². The Bertz CT molecular complexity index is 1020. The van der Waals surface area contributed by atoms with E-state index in [1.54, 1.807) is 29.0 Å². The second-order valence-electron chi connectivity index (χ2n) is 5.37. The summed E-state index contributed by atoms with van der Waals surface area (Å²) >= 11 is 0. The number of rotatable bonds is 2. The van der Waals surface area contributed by atoms with Gasteiger partial charge < -0.3 is 0 Å². The van der Waals surface area contributed by atoms with Crippen LogP contribution in [0.4, 0.5) is 8.78 Å². The van der Waals surface area contributed by atoms with Crippen molar-refractivity contribution >= 4 is 16.6 Å². The highest BCUT2D eigenvalue weighted by Gasteiger charge is 2.17. The summed E-state index contributed by atoms with van der Waals surface area (Å²) in [5.74, 6) is 0. The van der Waals surface area contributed by atoms with E-state index in [2.05, 4.69) is 15.1 Å². The van der Waals surface area contributed by atoms with Gasteiger partial charge >= 0.3 is 0 Å². The number of halogens is 2. The van der Waals surface area contributed by atoms with Gasteiger partial charge in [-0.15, -0.1) is 0 Å². The van der Waals surface area contributed by atoms with Crippen LogP contribution in [0.2, 0.25) is 0 Å². The van der Waals surface area contributed by atoms with Crippen LogP contribution in [-0.4, -0.2) is 19.6 Å². The number of benzene rings is 1. The maximum Gasteiger partial charge on any atom is 0.280 e. The van der Waals surface area contributed by atoms with Crippen LogP contribution >= 0.6 is 0 Å². The lowest BCUT2D eigenvalue weighted by atomic mass is 10.0. The van der Waals surface area contributed by atoms with Crippen LogP contribution < -0.4 is 0 Å². The molecule has 4 rings (SSSR count). The van der Waals surface area contributed by atoms with Crippen LogP contribution in [0.3, 0.4) is 0 Å². The van der Waals surface area contributed by atoms with Gasteiger partial charge in [-0.1, -0.05) is 18.2 Å². The van der Waals surface area contributed by atoms with Crippen LogP contribution in [0.5, 0.6) is 0 Å². The van der Waals surface area contributed by atoms with Crippen molar-refractivity contribution in [1.29, 1.82) is 0 Å². The average Bonchev–Trinajstić information content (AvgIpc) is 2.96. The second kappa shape index (κ2) is 5.08. The predicted molar refractivity (Wildman–Crippen MR) is 83.4 cm³/mol. The number of pyridine rings is 1. The van der Waals surface area contributed by atoms with E-state index in [0.29, 0.717) is 22.3 Å². The first-order valence-electron chi connectivity index (χ1n) is 7.11. The fraction of sp³-hybridized carbons (Fsp3) is 0.118. The van der Waals surface area contributed by atoms with Crippen molar-refractivity contribution in [3.8, 4) is 11.1 Å². The molecule has 0 atom stereocenters. The van der Waals surface area contributed by atoms with E-state index in [1.165, 1.54) is 6.07 Å². The van der Waals surface area contributed by atoms with Gasteiger partial charge in [0.2, 0.25) is 0 Å². The molecule has 0 saturated heterocycles. The van der Waals surface area contributed by atoms with Gasteiger partial charge in [-0.05, 0) is 30.2 Å². The average molecular weight is 310 g/mol. The minimum atomic E-state index is -2.63. The Labute approximate surface area is 130 Å². The Hall–Kier alpha value is -2.89. The highest BCUT2D eigenvalue weighted by Crippen LogP contribution is 2.33. The number of nitrogens with zero attached hydrogens (tertiary/aromatic N) is 4. The van der Waals surface area contributed by atoms with Crippen molar-refractivity contribution in [3.63, 3.8) is 0 Å². The second-order valence-corrected chi connectivity index (χ2v) is 5.37. The zero-order valence-electron chi connectivity index (χ0n) is 12.2. The van der Waals surface area contributed by atoms with Gasteiger partial charge in [0, 0.05) is 23.3 Å². The van der Waals surface area contributed by atoms with E-state index < -0.39 is 6.43 Å². The molecule has 3 aromatic heterocycles. The van der Waals surface area contributed by atoms with E-state index in [-0.39, 0.29) is 5.69 Å². The molecule has 3 heterocycles. The lowest BCUT2D eigenvalue weighted by Crippen LogP contribution is -1.95. The van der Waals surface area contributed by atoms with Crippen LogP contribution in [0, 0.1) is 6.92 Å². The minimum absolute atomic E-state index is 0.245. The first kappa shape index (κ1) is 13.8. The van der Waals surface area contributed by atoms with Crippen molar-refractivity contribution in [2.75, 3.05) is 0 Å². The van der Waals surface area contributed by atoms with Crippen molar-refractivity contribution in [2.24, 2.45) is 0 Å². The molecule has 0 bridgehead atoms. The molecule has 0 unspecified atom stereocenters. The zero-order valence-corrected chi connectivity index (χ0v) is 12.2.